The van der Waals surface area contributed by atoms with Gasteiger partial charge >= 0.3 is 6.61 Å². The van der Waals surface area contributed by atoms with Crippen molar-refractivity contribution in [1.82, 2.24) is 5.32 Å². The van der Waals surface area contributed by atoms with Crippen molar-refractivity contribution in [2.45, 2.75) is 39.5 Å². The Morgan fingerprint density at radius 3 is 2.55 bits per heavy atom. The minimum Gasteiger partial charge on any atom is -0.490 e. The summed E-state index contributed by atoms with van der Waals surface area (Å²) >= 11 is 0. The molecule has 4 nitrogen and oxygen atoms in total. The lowest BCUT2D eigenvalue weighted by Gasteiger charge is -2.16. The van der Waals surface area contributed by atoms with Crippen molar-refractivity contribution in [1.29, 1.82) is 0 Å². The molecule has 6 heteroatoms. The van der Waals surface area contributed by atoms with Crippen LogP contribution in [0.25, 0.3) is 0 Å². The monoisotopic (exact) mass is 289 g/mol. The van der Waals surface area contributed by atoms with E-state index in [1.54, 1.807) is 19.1 Å². The first-order valence-electron chi connectivity index (χ1n) is 6.65. The third-order valence-corrected chi connectivity index (χ3v) is 2.83. The molecule has 0 unspecified atom stereocenters. The topological polar surface area (TPSA) is 50.7 Å². The molecule has 0 amide bonds. The summed E-state index contributed by atoms with van der Waals surface area (Å²) in [6, 6.07) is 4.84. The summed E-state index contributed by atoms with van der Waals surface area (Å²) in [6.07, 6.45) is 0.807. The van der Waals surface area contributed by atoms with Gasteiger partial charge in [0, 0.05) is 12.6 Å². The number of aliphatic hydroxyl groups excluding tert-OH is 1. The lowest BCUT2D eigenvalue weighted by atomic mass is 10.1. The van der Waals surface area contributed by atoms with Crippen LogP contribution in [0.4, 0.5) is 8.78 Å². The average Bonchev–Trinajstić information content (AvgIpc) is 2.42. The minimum atomic E-state index is -2.88. The third-order valence-electron chi connectivity index (χ3n) is 2.83. The fourth-order valence-corrected chi connectivity index (χ4v) is 1.72. The van der Waals surface area contributed by atoms with E-state index in [4.69, 9.17) is 9.84 Å². The Balaban J connectivity index is 2.75. The standard InChI is InChI=1S/C14H21F2NO3/c1-3-11(9-18)17-8-10-5-6-12(20-14(15)16)13(7-10)19-4-2/h5-7,11,14,17-18H,3-4,8-9H2,1-2H3/t11-/m0/s1. The van der Waals surface area contributed by atoms with E-state index in [-0.39, 0.29) is 18.4 Å². The van der Waals surface area contributed by atoms with Crippen LogP contribution in [0.1, 0.15) is 25.8 Å². The van der Waals surface area contributed by atoms with Crippen LogP contribution in [0.5, 0.6) is 11.5 Å². The molecule has 2 N–H and O–H groups in total. The van der Waals surface area contributed by atoms with Crippen molar-refractivity contribution in [2.24, 2.45) is 0 Å². The first-order chi connectivity index (χ1) is 9.60. The number of ether oxygens (including phenoxy) is 2. The molecule has 0 bridgehead atoms. The van der Waals surface area contributed by atoms with Gasteiger partial charge in [0.1, 0.15) is 0 Å². The van der Waals surface area contributed by atoms with Crippen LogP contribution in [0.15, 0.2) is 18.2 Å². The molecule has 0 aliphatic heterocycles. The molecule has 0 aliphatic carbocycles. The molecule has 0 heterocycles. The summed E-state index contributed by atoms with van der Waals surface area (Å²) in [4.78, 5) is 0. The molecule has 1 aromatic carbocycles. The van der Waals surface area contributed by atoms with Gasteiger partial charge in [-0.15, -0.1) is 0 Å². The van der Waals surface area contributed by atoms with Crippen molar-refractivity contribution in [3.63, 3.8) is 0 Å². The predicted molar refractivity (Wildman–Crippen MR) is 72.2 cm³/mol. The summed E-state index contributed by atoms with van der Waals surface area (Å²) in [5.74, 6) is 0.323. The van der Waals surface area contributed by atoms with Gasteiger partial charge in [-0.05, 0) is 31.0 Å². The van der Waals surface area contributed by atoms with Crippen molar-refractivity contribution < 1.29 is 23.4 Å². The maximum absolute atomic E-state index is 12.3. The van der Waals surface area contributed by atoms with Crippen LogP contribution in [-0.2, 0) is 6.54 Å². The van der Waals surface area contributed by atoms with E-state index in [1.807, 2.05) is 6.92 Å². The molecule has 0 saturated heterocycles. The molecule has 0 aromatic heterocycles. The van der Waals surface area contributed by atoms with Crippen molar-refractivity contribution in [3.8, 4) is 11.5 Å². The minimum absolute atomic E-state index is 0.0162. The Bertz CT molecular complexity index is 398. The van der Waals surface area contributed by atoms with Crippen LogP contribution in [0, 0.1) is 0 Å². The van der Waals surface area contributed by atoms with Gasteiger partial charge in [-0.25, -0.2) is 0 Å². The number of aliphatic hydroxyl groups is 1. The van der Waals surface area contributed by atoms with Crippen molar-refractivity contribution in [2.75, 3.05) is 13.2 Å². The number of benzene rings is 1. The van der Waals surface area contributed by atoms with Crippen LogP contribution >= 0.6 is 0 Å². The first kappa shape index (κ1) is 16.7. The number of hydrogen-bond acceptors (Lipinski definition) is 4. The second-order valence-electron chi connectivity index (χ2n) is 4.26. The predicted octanol–water partition coefficient (Wildman–Crippen LogP) is 2.55. The highest BCUT2D eigenvalue weighted by atomic mass is 19.3. The zero-order valence-electron chi connectivity index (χ0n) is 11.7. The molecule has 0 saturated carbocycles. The summed E-state index contributed by atoms with van der Waals surface area (Å²) < 4.78 is 34.2. The maximum Gasteiger partial charge on any atom is 0.387 e. The molecule has 0 radical (unpaired) electrons. The highest BCUT2D eigenvalue weighted by Gasteiger charge is 2.12. The lowest BCUT2D eigenvalue weighted by molar-refractivity contribution is -0.0514. The second-order valence-corrected chi connectivity index (χ2v) is 4.26. The fourth-order valence-electron chi connectivity index (χ4n) is 1.72. The van der Waals surface area contributed by atoms with Crippen LogP contribution in [0.2, 0.25) is 0 Å². The smallest absolute Gasteiger partial charge is 0.387 e. The van der Waals surface area contributed by atoms with Gasteiger partial charge in [0.25, 0.3) is 0 Å². The number of hydrogen-bond donors (Lipinski definition) is 2. The quantitative estimate of drug-likeness (QED) is 0.733. The molecule has 0 fully saturated rings. The highest BCUT2D eigenvalue weighted by molar-refractivity contribution is 5.43. The molecule has 0 aliphatic rings. The molecule has 1 aromatic rings. The fraction of sp³-hybridized carbons (Fsp3) is 0.571. The van der Waals surface area contributed by atoms with Gasteiger partial charge in [-0.2, -0.15) is 8.78 Å². The van der Waals surface area contributed by atoms with Crippen LogP contribution in [-0.4, -0.2) is 31.0 Å². The van der Waals surface area contributed by atoms with Gasteiger partial charge in [0.2, 0.25) is 0 Å². The van der Waals surface area contributed by atoms with Gasteiger partial charge < -0.3 is 19.9 Å². The molecule has 1 atom stereocenters. The second kappa shape index (κ2) is 8.71. The number of nitrogens with one attached hydrogen (secondary N) is 1. The zero-order valence-corrected chi connectivity index (χ0v) is 11.7. The van der Waals surface area contributed by atoms with E-state index < -0.39 is 6.61 Å². The van der Waals surface area contributed by atoms with Crippen molar-refractivity contribution in [3.05, 3.63) is 23.8 Å². The van der Waals surface area contributed by atoms with E-state index in [1.165, 1.54) is 6.07 Å². The third kappa shape index (κ3) is 5.30. The summed E-state index contributed by atoms with van der Waals surface area (Å²) in [6.45, 7) is 1.81. The van der Waals surface area contributed by atoms with Crippen molar-refractivity contribution >= 4 is 0 Å². The Hall–Kier alpha value is -1.40. The largest absolute Gasteiger partial charge is 0.490 e. The lowest BCUT2D eigenvalue weighted by Crippen LogP contribution is -2.31. The molecular formula is C14H21F2NO3. The first-order valence-corrected chi connectivity index (χ1v) is 6.65. The summed E-state index contributed by atoms with van der Waals surface area (Å²) in [7, 11) is 0. The van der Waals surface area contributed by atoms with E-state index in [2.05, 4.69) is 10.1 Å². The van der Waals surface area contributed by atoms with Gasteiger partial charge in [-0.1, -0.05) is 13.0 Å². The van der Waals surface area contributed by atoms with E-state index in [0.717, 1.165) is 12.0 Å². The van der Waals surface area contributed by atoms with Gasteiger partial charge in [0.15, 0.2) is 11.5 Å². The maximum atomic E-state index is 12.3. The van der Waals surface area contributed by atoms with E-state index >= 15 is 0 Å². The molecule has 0 spiro atoms. The SMILES string of the molecule is CCOc1cc(CN[C@@H](CC)CO)ccc1OC(F)F. The Morgan fingerprint density at radius 1 is 1.25 bits per heavy atom. The normalized spacial score (nSPS) is 12.5. The van der Waals surface area contributed by atoms with Crippen LogP contribution < -0.4 is 14.8 Å². The summed E-state index contributed by atoms with van der Waals surface area (Å²) in [5, 5.41) is 12.3. The number of rotatable bonds is 9. The van der Waals surface area contributed by atoms with Gasteiger partial charge in [-0.3, -0.25) is 0 Å². The van der Waals surface area contributed by atoms with Gasteiger partial charge in [0.05, 0.1) is 13.2 Å². The molecule has 20 heavy (non-hydrogen) atoms. The van der Waals surface area contributed by atoms with Crippen LogP contribution in [0.3, 0.4) is 0 Å². The Kier molecular flexibility index (Phi) is 7.25. The average molecular weight is 289 g/mol. The Labute approximate surface area is 117 Å². The van der Waals surface area contributed by atoms with E-state index in [0.29, 0.717) is 18.9 Å². The highest BCUT2D eigenvalue weighted by Crippen LogP contribution is 2.29. The summed E-state index contributed by atoms with van der Waals surface area (Å²) in [5.41, 5.74) is 0.877. The van der Waals surface area contributed by atoms with E-state index in [9.17, 15) is 8.78 Å². The molecular weight excluding hydrogens is 268 g/mol. The Morgan fingerprint density at radius 2 is 2.00 bits per heavy atom. The number of halogens is 2. The molecule has 114 valence electrons. The zero-order chi connectivity index (χ0) is 15.0. The number of alkyl halides is 2. The molecule has 1 rings (SSSR count).